The molecule has 2 heterocycles. The number of ether oxygens (including phenoxy) is 1. The first kappa shape index (κ1) is 14.9. The summed E-state index contributed by atoms with van der Waals surface area (Å²) in [5.41, 5.74) is 2.80. The zero-order chi connectivity index (χ0) is 14.5. The maximum Gasteiger partial charge on any atom is 0.122 e. The molecule has 1 N–H and O–H groups in total. The van der Waals surface area contributed by atoms with Crippen LogP contribution in [-0.2, 0) is 6.42 Å². The lowest BCUT2D eigenvalue weighted by molar-refractivity contribution is 0.327. The Balaban J connectivity index is 1.48. The van der Waals surface area contributed by atoms with Crippen LogP contribution in [0.2, 0.25) is 0 Å². The Morgan fingerprint density at radius 2 is 2.14 bits per heavy atom. The predicted octanol–water partition coefficient (Wildman–Crippen LogP) is 3.15. The van der Waals surface area contributed by atoms with E-state index < -0.39 is 0 Å². The molecule has 3 heteroatoms. The molecule has 1 atom stereocenters. The quantitative estimate of drug-likeness (QED) is 0.780. The molecule has 0 aromatic heterocycles. The molecule has 0 spiro atoms. The lowest BCUT2D eigenvalue weighted by atomic mass is 10.0. The topological polar surface area (TPSA) is 24.5 Å². The van der Waals surface area contributed by atoms with Crippen molar-refractivity contribution in [2.45, 2.75) is 45.1 Å². The van der Waals surface area contributed by atoms with E-state index in [0.717, 1.165) is 31.7 Å². The van der Waals surface area contributed by atoms with Gasteiger partial charge in [0.15, 0.2) is 0 Å². The van der Waals surface area contributed by atoms with Gasteiger partial charge in [-0.2, -0.15) is 0 Å². The summed E-state index contributed by atoms with van der Waals surface area (Å²) in [6.07, 6.45) is 6.24. The van der Waals surface area contributed by atoms with E-state index in [-0.39, 0.29) is 0 Å². The molecule has 1 aromatic rings. The van der Waals surface area contributed by atoms with Gasteiger partial charge in [-0.15, -0.1) is 0 Å². The molecule has 3 nitrogen and oxygen atoms in total. The van der Waals surface area contributed by atoms with Gasteiger partial charge in [0.25, 0.3) is 0 Å². The largest absolute Gasteiger partial charge is 0.493 e. The second-order valence-electron chi connectivity index (χ2n) is 6.28. The number of nitrogens with zero attached hydrogens (tertiary/aromatic N) is 1. The third-order valence-electron chi connectivity index (χ3n) is 4.76. The van der Waals surface area contributed by atoms with Gasteiger partial charge in [-0.25, -0.2) is 0 Å². The van der Waals surface area contributed by atoms with Crippen molar-refractivity contribution in [2.24, 2.45) is 0 Å². The van der Waals surface area contributed by atoms with Gasteiger partial charge in [0.1, 0.15) is 5.75 Å². The van der Waals surface area contributed by atoms with Gasteiger partial charge >= 0.3 is 0 Å². The van der Waals surface area contributed by atoms with Crippen LogP contribution < -0.4 is 10.1 Å². The molecule has 0 aliphatic carbocycles. The summed E-state index contributed by atoms with van der Waals surface area (Å²) in [5, 5.41) is 3.73. The van der Waals surface area contributed by atoms with E-state index in [9.17, 15) is 0 Å². The van der Waals surface area contributed by atoms with E-state index in [0.29, 0.717) is 6.04 Å². The van der Waals surface area contributed by atoms with Crippen molar-refractivity contribution in [3.8, 4) is 5.75 Å². The highest BCUT2D eigenvalue weighted by Crippen LogP contribution is 2.29. The highest BCUT2D eigenvalue weighted by molar-refractivity contribution is 5.40. The van der Waals surface area contributed by atoms with Crippen LogP contribution in [0.4, 0.5) is 0 Å². The van der Waals surface area contributed by atoms with Gasteiger partial charge in [0.2, 0.25) is 0 Å². The SMILES string of the molecule is CCC(NCCCN1CCCC1)c1ccc2c(c1)CCO2. The number of likely N-dealkylation sites (tertiary alicyclic amines) is 1. The molecular weight excluding hydrogens is 260 g/mol. The summed E-state index contributed by atoms with van der Waals surface area (Å²) in [7, 11) is 0. The van der Waals surface area contributed by atoms with Crippen LogP contribution in [0.15, 0.2) is 18.2 Å². The molecule has 2 aliphatic rings. The fourth-order valence-corrected chi connectivity index (χ4v) is 3.51. The van der Waals surface area contributed by atoms with Gasteiger partial charge in [-0.05, 0) is 69.1 Å². The van der Waals surface area contributed by atoms with Gasteiger partial charge in [-0.1, -0.05) is 19.1 Å². The van der Waals surface area contributed by atoms with Crippen molar-refractivity contribution in [1.82, 2.24) is 10.2 Å². The minimum Gasteiger partial charge on any atom is -0.493 e. The average Bonchev–Trinajstić information content (AvgIpc) is 3.17. The smallest absolute Gasteiger partial charge is 0.122 e. The monoisotopic (exact) mass is 288 g/mol. The van der Waals surface area contributed by atoms with E-state index in [1.54, 1.807) is 0 Å². The number of rotatable bonds is 7. The van der Waals surface area contributed by atoms with Gasteiger partial charge in [0.05, 0.1) is 6.61 Å². The summed E-state index contributed by atoms with van der Waals surface area (Å²) in [6.45, 7) is 8.09. The number of hydrogen-bond acceptors (Lipinski definition) is 3. The fraction of sp³-hybridized carbons (Fsp3) is 0.667. The molecule has 0 saturated carbocycles. The van der Waals surface area contributed by atoms with Crippen molar-refractivity contribution >= 4 is 0 Å². The van der Waals surface area contributed by atoms with Gasteiger partial charge < -0.3 is 15.0 Å². The molecule has 1 fully saturated rings. The third-order valence-corrected chi connectivity index (χ3v) is 4.76. The first-order valence-corrected chi connectivity index (χ1v) is 8.58. The molecule has 21 heavy (non-hydrogen) atoms. The van der Waals surface area contributed by atoms with Crippen molar-refractivity contribution in [2.75, 3.05) is 32.8 Å². The second-order valence-corrected chi connectivity index (χ2v) is 6.28. The van der Waals surface area contributed by atoms with Crippen LogP contribution in [-0.4, -0.2) is 37.7 Å². The number of hydrogen-bond donors (Lipinski definition) is 1. The summed E-state index contributed by atoms with van der Waals surface area (Å²) < 4.78 is 5.60. The Bertz CT molecular complexity index is 455. The minimum atomic E-state index is 0.481. The Labute approximate surface area is 128 Å². The normalized spacial score (nSPS) is 19.5. The van der Waals surface area contributed by atoms with Crippen LogP contribution >= 0.6 is 0 Å². The predicted molar refractivity (Wildman–Crippen MR) is 87.0 cm³/mol. The van der Waals surface area contributed by atoms with Crippen LogP contribution in [0.5, 0.6) is 5.75 Å². The second kappa shape index (κ2) is 7.28. The van der Waals surface area contributed by atoms with Gasteiger partial charge in [-0.3, -0.25) is 0 Å². The average molecular weight is 288 g/mol. The summed E-state index contributed by atoms with van der Waals surface area (Å²) in [4.78, 5) is 2.59. The van der Waals surface area contributed by atoms with Crippen LogP contribution in [0.1, 0.15) is 49.8 Å². The van der Waals surface area contributed by atoms with Crippen LogP contribution in [0.3, 0.4) is 0 Å². The molecule has 3 rings (SSSR count). The number of fused-ring (bicyclic) bond motifs is 1. The first-order valence-electron chi connectivity index (χ1n) is 8.58. The van der Waals surface area contributed by atoms with E-state index in [1.807, 2.05) is 0 Å². The van der Waals surface area contributed by atoms with Crippen LogP contribution in [0, 0.1) is 0 Å². The highest BCUT2D eigenvalue weighted by Gasteiger charge is 2.16. The molecule has 1 saturated heterocycles. The van der Waals surface area contributed by atoms with Gasteiger partial charge in [0, 0.05) is 12.5 Å². The van der Waals surface area contributed by atoms with Crippen molar-refractivity contribution in [1.29, 1.82) is 0 Å². The zero-order valence-corrected chi connectivity index (χ0v) is 13.2. The van der Waals surface area contributed by atoms with Crippen molar-refractivity contribution < 1.29 is 4.74 Å². The van der Waals surface area contributed by atoms with Crippen LogP contribution in [0.25, 0.3) is 0 Å². The molecule has 1 aromatic carbocycles. The molecule has 0 amide bonds. The Morgan fingerprint density at radius 1 is 1.29 bits per heavy atom. The van der Waals surface area contributed by atoms with E-state index in [1.165, 1.54) is 50.0 Å². The maximum absolute atomic E-state index is 5.60. The standard InChI is InChI=1S/C18H28N2O/c1-2-17(19-9-5-12-20-10-3-4-11-20)15-6-7-18-16(14-15)8-13-21-18/h6-7,14,17,19H,2-5,8-13H2,1H3. The molecule has 2 aliphatic heterocycles. The fourth-order valence-electron chi connectivity index (χ4n) is 3.51. The van der Waals surface area contributed by atoms with Crippen molar-refractivity contribution in [3.05, 3.63) is 29.3 Å². The molecule has 0 radical (unpaired) electrons. The summed E-state index contributed by atoms with van der Waals surface area (Å²) in [6, 6.07) is 7.19. The third kappa shape index (κ3) is 3.78. The first-order chi connectivity index (χ1) is 10.4. The summed E-state index contributed by atoms with van der Waals surface area (Å²) >= 11 is 0. The zero-order valence-electron chi connectivity index (χ0n) is 13.2. The highest BCUT2D eigenvalue weighted by atomic mass is 16.5. The minimum absolute atomic E-state index is 0.481. The molecule has 0 bridgehead atoms. The van der Waals surface area contributed by atoms with E-state index in [2.05, 4.69) is 35.3 Å². The number of nitrogens with one attached hydrogen (secondary N) is 1. The maximum atomic E-state index is 5.60. The molecule has 1 unspecified atom stereocenters. The Kier molecular flexibility index (Phi) is 5.15. The number of benzene rings is 1. The molecular formula is C18H28N2O. The lowest BCUT2D eigenvalue weighted by Gasteiger charge is -2.20. The lowest BCUT2D eigenvalue weighted by Crippen LogP contribution is -2.27. The van der Waals surface area contributed by atoms with E-state index >= 15 is 0 Å². The summed E-state index contributed by atoms with van der Waals surface area (Å²) in [5.74, 6) is 1.09. The molecule has 116 valence electrons. The van der Waals surface area contributed by atoms with E-state index in [4.69, 9.17) is 4.74 Å². The Morgan fingerprint density at radius 3 is 2.95 bits per heavy atom. The van der Waals surface area contributed by atoms with Crippen molar-refractivity contribution in [3.63, 3.8) is 0 Å². The Hall–Kier alpha value is -1.06.